The summed E-state index contributed by atoms with van der Waals surface area (Å²) >= 11 is 0. The SMILES string of the molecule is [2H]c1c([2H])c([2H])c(-c2cccc(-c3c([2H])c([2H])c([2H])c([2H])c3[2H])c2-[n+]2[c-]n(-c3cccc(Oc4ccc5c6ccccc6n(-c6cc(C(C)C)ccn6)c5c4)c3)cc2)c([2H])c1[2H]. The van der Waals surface area contributed by atoms with Crippen LogP contribution in [0.5, 0.6) is 11.5 Å². The molecule has 0 aliphatic heterocycles. The average Bonchev–Trinajstić information content (AvgIpc) is 3.90. The number of hydrogen-bond acceptors (Lipinski definition) is 2. The van der Waals surface area contributed by atoms with Crippen molar-refractivity contribution in [1.29, 1.82) is 0 Å². The summed E-state index contributed by atoms with van der Waals surface area (Å²) in [6.07, 6.45) is 8.43. The minimum Gasteiger partial charge on any atom is -0.458 e. The van der Waals surface area contributed by atoms with E-state index in [0.717, 1.165) is 27.6 Å². The van der Waals surface area contributed by atoms with Gasteiger partial charge in [0.25, 0.3) is 6.33 Å². The molecule has 6 aromatic carbocycles. The number of fused-ring (bicyclic) bond motifs is 3. The van der Waals surface area contributed by atoms with Crippen molar-refractivity contribution in [2.24, 2.45) is 0 Å². The van der Waals surface area contributed by atoms with Crippen LogP contribution in [0, 0.1) is 6.33 Å². The third-order valence-corrected chi connectivity index (χ3v) is 9.04. The largest absolute Gasteiger partial charge is 0.458 e. The van der Waals surface area contributed by atoms with Gasteiger partial charge >= 0.3 is 0 Å². The van der Waals surface area contributed by atoms with Gasteiger partial charge in [-0.2, -0.15) is 0 Å². The molecule has 0 aliphatic carbocycles. The van der Waals surface area contributed by atoms with E-state index >= 15 is 0 Å². The van der Waals surface area contributed by atoms with E-state index in [-0.39, 0.29) is 27.9 Å². The highest BCUT2D eigenvalue weighted by atomic mass is 16.5. The van der Waals surface area contributed by atoms with E-state index in [4.69, 9.17) is 23.4 Å². The van der Waals surface area contributed by atoms with Crippen LogP contribution in [0.2, 0.25) is 0 Å². The molecular weight excluding hydrogens is 637 g/mol. The van der Waals surface area contributed by atoms with Gasteiger partial charge in [-0.1, -0.05) is 117 Å². The van der Waals surface area contributed by atoms with E-state index in [1.807, 2.05) is 66.9 Å². The minimum absolute atomic E-state index is 0.122. The molecule has 0 aliphatic rings. The Morgan fingerprint density at radius 3 is 2.13 bits per heavy atom. The standard InChI is InChI=1S/C47H36N4O/c1-33(2)36-25-26-48-46(29-36)51-44-22-10-9-19-42(44)43-24-23-39(31-45(43)51)52-38-18-11-17-37(30-38)49-27-28-50(32-49)47-40(34-13-5-3-6-14-34)20-12-21-41(47)35-15-7-4-8-16-35/h3-31,33H,1-2H3/i3D,4D,5D,6D,7D,8D,13D,14D,15D,16D. The van der Waals surface area contributed by atoms with Crippen molar-refractivity contribution in [2.45, 2.75) is 19.8 Å². The van der Waals surface area contributed by atoms with E-state index in [9.17, 15) is 0 Å². The highest BCUT2D eigenvalue weighted by Crippen LogP contribution is 2.36. The summed E-state index contributed by atoms with van der Waals surface area (Å²) in [5, 5.41) is 2.14. The molecule has 3 heterocycles. The highest BCUT2D eigenvalue weighted by Gasteiger charge is 2.17. The highest BCUT2D eigenvalue weighted by molar-refractivity contribution is 6.09. The van der Waals surface area contributed by atoms with Crippen LogP contribution in [0.15, 0.2) is 176 Å². The van der Waals surface area contributed by atoms with Crippen LogP contribution in [0.3, 0.4) is 0 Å². The fourth-order valence-electron chi connectivity index (χ4n) is 6.57. The summed E-state index contributed by atoms with van der Waals surface area (Å²) in [7, 11) is 0. The molecule has 5 heteroatoms. The predicted molar refractivity (Wildman–Crippen MR) is 210 cm³/mol. The van der Waals surface area contributed by atoms with Crippen molar-refractivity contribution < 1.29 is 23.0 Å². The third kappa shape index (κ3) is 5.72. The summed E-state index contributed by atoms with van der Waals surface area (Å²) in [4.78, 5) is 4.76. The van der Waals surface area contributed by atoms with Gasteiger partial charge in [-0.05, 0) is 82.3 Å². The van der Waals surface area contributed by atoms with E-state index in [0.29, 0.717) is 23.1 Å². The van der Waals surface area contributed by atoms with E-state index in [2.05, 4.69) is 42.9 Å². The van der Waals surface area contributed by atoms with Crippen LogP contribution in [0.1, 0.15) is 39.0 Å². The zero-order valence-corrected chi connectivity index (χ0v) is 28.2. The van der Waals surface area contributed by atoms with Gasteiger partial charge in [0.2, 0.25) is 0 Å². The topological polar surface area (TPSA) is 35.9 Å². The number of para-hydroxylation sites is 2. The Kier molecular flexibility index (Phi) is 5.63. The fraction of sp³-hybridized carbons (Fsp3) is 0.0638. The number of rotatable bonds is 8. The molecule has 9 rings (SSSR count). The monoisotopic (exact) mass is 682 g/mol. The van der Waals surface area contributed by atoms with Crippen LogP contribution >= 0.6 is 0 Å². The van der Waals surface area contributed by atoms with Crippen LogP contribution in [0.25, 0.3) is 61.3 Å². The molecule has 0 radical (unpaired) electrons. The van der Waals surface area contributed by atoms with Gasteiger partial charge in [0.15, 0.2) is 0 Å². The van der Waals surface area contributed by atoms with Gasteiger partial charge in [0, 0.05) is 35.4 Å². The molecule has 9 aromatic rings. The molecule has 0 amide bonds. The number of benzene rings is 6. The number of aromatic nitrogens is 4. The second kappa shape index (κ2) is 13.2. The first-order valence-corrected chi connectivity index (χ1v) is 16.8. The summed E-state index contributed by atoms with van der Waals surface area (Å²) in [6.45, 7) is 4.31. The molecule has 0 unspecified atom stereocenters. The lowest BCUT2D eigenvalue weighted by Gasteiger charge is -2.16. The lowest BCUT2D eigenvalue weighted by molar-refractivity contribution is -0.598. The van der Waals surface area contributed by atoms with Crippen molar-refractivity contribution in [3.05, 3.63) is 188 Å². The smallest absolute Gasteiger partial charge is 0.268 e. The van der Waals surface area contributed by atoms with Gasteiger partial charge in [-0.3, -0.25) is 13.7 Å². The van der Waals surface area contributed by atoms with E-state index in [1.54, 1.807) is 35.2 Å². The van der Waals surface area contributed by atoms with Crippen LogP contribution in [-0.2, 0) is 0 Å². The van der Waals surface area contributed by atoms with Crippen molar-refractivity contribution in [2.75, 3.05) is 0 Å². The lowest BCUT2D eigenvalue weighted by Crippen LogP contribution is -2.30. The molecule has 0 fully saturated rings. The average molecular weight is 683 g/mol. The molecular formula is C47H36N4O. The summed E-state index contributed by atoms with van der Waals surface area (Å²) in [6, 6.07) is 25.3. The molecule has 250 valence electrons. The molecule has 0 bridgehead atoms. The Morgan fingerprint density at radius 1 is 0.692 bits per heavy atom. The first kappa shape index (κ1) is 22.2. The lowest BCUT2D eigenvalue weighted by atomic mass is 9.96. The summed E-state index contributed by atoms with van der Waals surface area (Å²) in [5.41, 5.74) is 4.05. The Balaban J connectivity index is 1.15. The number of nitrogens with zero attached hydrogens (tertiary/aromatic N) is 4. The number of imidazole rings is 1. The van der Waals surface area contributed by atoms with Crippen molar-refractivity contribution in [3.63, 3.8) is 0 Å². The normalized spacial score (nSPS) is 14.1. The maximum absolute atomic E-state index is 8.82. The second-order valence-electron chi connectivity index (χ2n) is 12.6. The zero-order chi connectivity index (χ0) is 43.7. The first-order chi connectivity index (χ1) is 29.7. The van der Waals surface area contributed by atoms with E-state index in [1.165, 1.54) is 10.1 Å². The maximum atomic E-state index is 8.82. The molecule has 5 nitrogen and oxygen atoms in total. The Morgan fingerprint density at radius 2 is 1.38 bits per heavy atom. The van der Waals surface area contributed by atoms with Gasteiger partial charge < -0.3 is 4.74 Å². The van der Waals surface area contributed by atoms with Gasteiger partial charge in [-0.25, -0.2) is 4.98 Å². The van der Waals surface area contributed by atoms with Crippen molar-refractivity contribution >= 4 is 21.8 Å². The molecule has 0 atom stereocenters. The van der Waals surface area contributed by atoms with Crippen LogP contribution in [-0.4, -0.2) is 14.1 Å². The van der Waals surface area contributed by atoms with Crippen LogP contribution < -0.4 is 9.30 Å². The van der Waals surface area contributed by atoms with Crippen molar-refractivity contribution in [1.82, 2.24) is 14.1 Å². The van der Waals surface area contributed by atoms with Crippen LogP contribution in [0.4, 0.5) is 0 Å². The number of ether oxygens (including phenoxy) is 1. The fourth-order valence-corrected chi connectivity index (χ4v) is 6.57. The minimum atomic E-state index is -0.560. The Labute approximate surface area is 317 Å². The second-order valence-corrected chi connectivity index (χ2v) is 12.6. The molecule has 0 saturated carbocycles. The molecule has 0 N–H and O–H groups in total. The number of hydrogen-bond donors (Lipinski definition) is 0. The summed E-state index contributed by atoms with van der Waals surface area (Å²) in [5.74, 6) is 2.25. The van der Waals surface area contributed by atoms with Gasteiger partial charge in [0.05, 0.1) is 36.1 Å². The molecule has 52 heavy (non-hydrogen) atoms. The van der Waals surface area contributed by atoms with Gasteiger partial charge in [-0.15, -0.1) is 0 Å². The molecule has 0 saturated heterocycles. The molecule has 3 aromatic heterocycles. The number of pyridine rings is 1. The van der Waals surface area contributed by atoms with E-state index < -0.39 is 60.4 Å². The molecule has 0 spiro atoms. The maximum Gasteiger partial charge on any atom is 0.268 e. The van der Waals surface area contributed by atoms with Crippen molar-refractivity contribution in [3.8, 4) is 50.9 Å². The Hall–Kier alpha value is -6.72. The predicted octanol–water partition coefficient (Wildman–Crippen LogP) is 11.3. The first-order valence-electron chi connectivity index (χ1n) is 21.8. The quantitative estimate of drug-likeness (QED) is 0.118. The third-order valence-electron chi connectivity index (χ3n) is 9.04. The zero-order valence-electron chi connectivity index (χ0n) is 38.2. The summed E-state index contributed by atoms with van der Waals surface area (Å²) < 4.78 is 97.1. The van der Waals surface area contributed by atoms with Gasteiger partial charge in [0.1, 0.15) is 17.3 Å². The Bertz CT molecular complexity index is 3140.